The summed E-state index contributed by atoms with van der Waals surface area (Å²) in [5.74, 6) is 0.758. The molecule has 0 bridgehead atoms. The van der Waals surface area contributed by atoms with Gasteiger partial charge >= 0.3 is 0 Å². The first-order chi connectivity index (χ1) is 7.37. The van der Waals surface area contributed by atoms with E-state index in [1.165, 1.54) is 0 Å². The van der Waals surface area contributed by atoms with Gasteiger partial charge in [0.1, 0.15) is 0 Å². The Morgan fingerprint density at radius 1 is 1.31 bits per heavy atom. The van der Waals surface area contributed by atoms with Gasteiger partial charge < -0.3 is 15.5 Å². The Labute approximate surface area is 99.3 Å². The average Bonchev–Trinajstić information content (AvgIpc) is 2.23. The van der Waals surface area contributed by atoms with Gasteiger partial charge in [0.2, 0.25) is 0 Å². The molecule has 3 nitrogen and oxygen atoms in total. The Hall–Kier alpha value is -0.120. The van der Waals surface area contributed by atoms with Crippen LogP contribution in [0.1, 0.15) is 46.5 Å². The van der Waals surface area contributed by atoms with Gasteiger partial charge in [0.25, 0.3) is 0 Å². The van der Waals surface area contributed by atoms with Gasteiger partial charge in [-0.2, -0.15) is 0 Å². The summed E-state index contributed by atoms with van der Waals surface area (Å²) in [6.45, 7) is 7.88. The quantitative estimate of drug-likeness (QED) is 0.670. The SMILES string of the molecule is CC1CCC(O)(CNCC(C)(C)CO)CC1. The summed E-state index contributed by atoms with van der Waals surface area (Å²) in [5, 5.41) is 22.8. The molecule has 0 atom stereocenters. The van der Waals surface area contributed by atoms with Crippen molar-refractivity contribution < 1.29 is 10.2 Å². The van der Waals surface area contributed by atoms with Gasteiger partial charge in [-0.3, -0.25) is 0 Å². The first-order valence-electron chi connectivity index (χ1n) is 6.41. The molecule has 0 aromatic rings. The normalized spacial score (nSPS) is 31.7. The second-order valence-electron chi connectivity index (χ2n) is 6.33. The van der Waals surface area contributed by atoms with E-state index in [2.05, 4.69) is 12.2 Å². The Balaban J connectivity index is 2.26. The minimum absolute atomic E-state index is 0.0989. The van der Waals surface area contributed by atoms with Crippen LogP contribution in [0.5, 0.6) is 0 Å². The van der Waals surface area contributed by atoms with Gasteiger partial charge in [0.05, 0.1) is 5.60 Å². The number of aliphatic hydroxyl groups excluding tert-OH is 1. The molecule has 1 rings (SSSR count). The fourth-order valence-electron chi connectivity index (χ4n) is 2.17. The van der Waals surface area contributed by atoms with Crippen LogP contribution in [-0.4, -0.2) is 35.5 Å². The van der Waals surface area contributed by atoms with Crippen molar-refractivity contribution in [2.24, 2.45) is 11.3 Å². The van der Waals surface area contributed by atoms with E-state index in [-0.39, 0.29) is 12.0 Å². The van der Waals surface area contributed by atoms with Crippen molar-refractivity contribution in [3.05, 3.63) is 0 Å². The van der Waals surface area contributed by atoms with E-state index >= 15 is 0 Å². The standard InChI is InChI=1S/C13H27NO2/c1-11-4-6-13(16,7-5-11)9-14-8-12(2,3)10-15/h11,14-16H,4-10H2,1-3H3. The van der Waals surface area contributed by atoms with Gasteiger partial charge in [-0.25, -0.2) is 0 Å². The van der Waals surface area contributed by atoms with E-state index in [0.29, 0.717) is 6.54 Å². The van der Waals surface area contributed by atoms with Gasteiger partial charge in [0, 0.05) is 25.1 Å². The van der Waals surface area contributed by atoms with Crippen molar-refractivity contribution in [1.82, 2.24) is 5.32 Å². The zero-order valence-corrected chi connectivity index (χ0v) is 10.9. The average molecular weight is 229 g/mol. The van der Waals surface area contributed by atoms with Crippen LogP contribution >= 0.6 is 0 Å². The number of nitrogens with one attached hydrogen (secondary N) is 1. The fourth-order valence-corrected chi connectivity index (χ4v) is 2.17. The first kappa shape index (κ1) is 13.9. The molecular weight excluding hydrogens is 202 g/mol. The lowest BCUT2D eigenvalue weighted by atomic mass is 9.79. The summed E-state index contributed by atoms with van der Waals surface area (Å²) < 4.78 is 0. The molecular formula is C13H27NO2. The van der Waals surface area contributed by atoms with Crippen molar-refractivity contribution in [3.63, 3.8) is 0 Å². The van der Waals surface area contributed by atoms with E-state index < -0.39 is 5.60 Å². The largest absolute Gasteiger partial charge is 0.396 e. The minimum Gasteiger partial charge on any atom is -0.396 e. The van der Waals surface area contributed by atoms with E-state index in [1.54, 1.807) is 0 Å². The summed E-state index contributed by atoms with van der Waals surface area (Å²) in [4.78, 5) is 0. The Bertz CT molecular complexity index is 208. The molecule has 0 spiro atoms. The molecule has 3 N–H and O–H groups in total. The highest BCUT2D eigenvalue weighted by atomic mass is 16.3. The number of rotatable bonds is 5. The Morgan fingerprint density at radius 3 is 2.38 bits per heavy atom. The summed E-state index contributed by atoms with van der Waals surface area (Å²) in [6, 6.07) is 0. The van der Waals surface area contributed by atoms with Gasteiger partial charge in [-0.05, 0) is 31.6 Å². The predicted molar refractivity (Wildman–Crippen MR) is 66.3 cm³/mol. The summed E-state index contributed by atoms with van der Waals surface area (Å²) in [5.41, 5.74) is -0.615. The second-order valence-corrected chi connectivity index (χ2v) is 6.33. The third kappa shape index (κ3) is 4.40. The number of hydrogen-bond acceptors (Lipinski definition) is 3. The Kier molecular flexibility index (Phi) is 4.77. The molecule has 96 valence electrons. The molecule has 0 aromatic carbocycles. The zero-order valence-electron chi connectivity index (χ0n) is 10.9. The highest BCUT2D eigenvalue weighted by molar-refractivity contribution is 4.87. The fraction of sp³-hybridized carbons (Fsp3) is 1.00. The van der Waals surface area contributed by atoms with Crippen LogP contribution in [0.25, 0.3) is 0 Å². The molecule has 1 aliphatic rings. The summed E-state index contributed by atoms with van der Waals surface area (Å²) in [7, 11) is 0. The van der Waals surface area contributed by atoms with Crippen LogP contribution < -0.4 is 5.32 Å². The third-order valence-electron chi connectivity index (χ3n) is 3.69. The lowest BCUT2D eigenvalue weighted by molar-refractivity contribution is -0.00847. The monoisotopic (exact) mass is 229 g/mol. The Morgan fingerprint density at radius 2 is 1.88 bits per heavy atom. The highest BCUT2D eigenvalue weighted by Gasteiger charge is 2.31. The zero-order chi connectivity index (χ0) is 12.2. The van der Waals surface area contributed by atoms with Crippen molar-refractivity contribution in [1.29, 1.82) is 0 Å². The maximum atomic E-state index is 10.3. The van der Waals surface area contributed by atoms with Crippen LogP contribution in [0, 0.1) is 11.3 Å². The first-order valence-corrected chi connectivity index (χ1v) is 6.41. The smallest absolute Gasteiger partial charge is 0.0771 e. The van der Waals surface area contributed by atoms with Crippen LogP contribution in [0.3, 0.4) is 0 Å². The van der Waals surface area contributed by atoms with Crippen LogP contribution in [0.4, 0.5) is 0 Å². The van der Waals surface area contributed by atoms with Crippen LogP contribution in [0.2, 0.25) is 0 Å². The van der Waals surface area contributed by atoms with E-state index in [1.807, 2.05) is 13.8 Å². The molecule has 3 heteroatoms. The molecule has 0 saturated heterocycles. The van der Waals surface area contributed by atoms with Crippen molar-refractivity contribution in [3.8, 4) is 0 Å². The lowest BCUT2D eigenvalue weighted by Crippen LogP contribution is -2.46. The predicted octanol–water partition coefficient (Wildman–Crippen LogP) is 1.54. The van der Waals surface area contributed by atoms with E-state index in [9.17, 15) is 5.11 Å². The maximum Gasteiger partial charge on any atom is 0.0771 e. The van der Waals surface area contributed by atoms with E-state index in [4.69, 9.17) is 5.11 Å². The van der Waals surface area contributed by atoms with Gasteiger partial charge in [-0.1, -0.05) is 20.8 Å². The molecule has 16 heavy (non-hydrogen) atoms. The van der Waals surface area contributed by atoms with Crippen molar-refractivity contribution >= 4 is 0 Å². The molecule has 1 saturated carbocycles. The molecule has 0 heterocycles. The maximum absolute atomic E-state index is 10.3. The molecule has 0 unspecified atom stereocenters. The molecule has 0 amide bonds. The third-order valence-corrected chi connectivity index (χ3v) is 3.69. The number of hydrogen-bond donors (Lipinski definition) is 3. The number of aliphatic hydroxyl groups is 2. The topological polar surface area (TPSA) is 52.5 Å². The summed E-state index contributed by atoms with van der Waals surface area (Å²) in [6.07, 6.45) is 4.06. The minimum atomic E-state index is -0.516. The molecule has 0 aliphatic heterocycles. The van der Waals surface area contributed by atoms with Crippen molar-refractivity contribution in [2.75, 3.05) is 19.7 Å². The molecule has 1 aliphatic carbocycles. The molecule has 0 radical (unpaired) electrons. The van der Waals surface area contributed by atoms with Crippen molar-refractivity contribution in [2.45, 2.75) is 52.1 Å². The van der Waals surface area contributed by atoms with Crippen LogP contribution in [-0.2, 0) is 0 Å². The second kappa shape index (κ2) is 5.48. The summed E-state index contributed by atoms with van der Waals surface area (Å²) >= 11 is 0. The van der Waals surface area contributed by atoms with Crippen LogP contribution in [0.15, 0.2) is 0 Å². The van der Waals surface area contributed by atoms with Gasteiger partial charge in [0.15, 0.2) is 0 Å². The van der Waals surface area contributed by atoms with Gasteiger partial charge in [-0.15, -0.1) is 0 Å². The highest BCUT2D eigenvalue weighted by Crippen LogP contribution is 2.31. The molecule has 1 fully saturated rings. The van der Waals surface area contributed by atoms with E-state index in [0.717, 1.165) is 38.1 Å². The molecule has 0 aromatic heterocycles. The lowest BCUT2D eigenvalue weighted by Gasteiger charge is -2.36.